The summed E-state index contributed by atoms with van der Waals surface area (Å²) in [6, 6.07) is 4.39. The third kappa shape index (κ3) is 4.01. The Balaban J connectivity index is 2.04. The number of aliphatic hydroxyl groups is 4. The number of ether oxygens (including phenoxy) is 1. The van der Waals surface area contributed by atoms with Crippen LogP contribution in [0.1, 0.15) is 0 Å². The number of aliphatic hydroxyl groups excluding tert-OH is 4. The van der Waals surface area contributed by atoms with E-state index in [4.69, 9.17) is 9.84 Å². The van der Waals surface area contributed by atoms with E-state index in [-0.39, 0.29) is 4.90 Å². The van der Waals surface area contributed by atoms with Gasteiger partial charge in [0.15, 0.2) is 6.29 Å². The van der Waals surface area contributed by atoms with Crippen molar-refractivity contribution in [1.29, 1.82) is 0 Å². The van der Waals surface area contributed by atoms with E-state index < -0.39 is 53.3 Å². The molecule has 2 unspecified atom stereocenters. The molecule has 0 radical (unpaired) electrons. The fourth-order valence-corrected chi connectivity index (χ4v) is 3.15. The van der Waals surface area contributed by atoms with E-state index in [9.17, 15) is 28.5 Å². The summed E-state index contributed by atoms with van der Waals surface area (Å²) in [6.45, 7) is -0.656. The molecule has 0 saturated carbocycles. The van der Waals surface area contributed by atoms with Gasteiger partial charge in [-0.15, -0.1) is 0 Å². The lowest BCUT2D eigenvalue weighted by molar-refractivity contribution is -0.252. The minimum Gasteiger partial charge on any atom is -0.394 e. The van der Waals surface area contributed by atoms with Gasteiger partial charge in [-0.25, -0.2) is 17.9 Å². The molecule has 0 bridgehead atoms. The Morgan fingerprint density at radius 1 is 1.12 bits per heavy atom. The van der Waals surface area contributed by atoms with E-state index in [0.29, 0.717) is 0 Å². The van der Waals surface area contributed by atoms with Crippen LogP contribution < -0.4 is 10.0 Å². The maximum atomic E-state index is 12.0. The van der Waals surface area contributed by atoms with Crippen LogP contribution in [-0.2, 0) is 14.8 Å². The second-order valence-electron chi connectivity index (χ2n) is 5.15. The molecule has 24 heavy (non-hydrogen) atoms. The quantitative estimate of drug-likeness (QED) is 0.341. The average molecular weight is 362 g/mol. The monoisotopic (exact) mass is 362 g/mol. The molecule has 0 spiro atoms. The molecule has 1 aliphatic rings. The highest BCUT2D eigenvalue weighted by Crippen LogP contribution is 2.19. The van der Waals surface area contributed by atoms with Crippen LogP contribution in [-0.4, -0.2) is 72.1 Å². The molecule has 5 atom stereocenters. The highest BCUT2D eigenvalue weighted by atomic mass is 32.2. The average Bonchev–Trinajstić information content (AvgIpc) is 2.55. The van der Waals surface area contributed by atoms with E-state index in [1.807, 2.05) is 5.32 Å². The van der Waals surface area contributed by atoms with Gasteiger partial charge in [-0.1, -0.05) is 18.2 Å². The fraction of sp³-hybridized carbons (Fsp3) is 0.462. The molecule has 11 heteroatoms. The Morgan fingerprint density at radius 3 is 2.33 bits per heavy atom. The molecule has 2 rings (SSSR count). The standard InChI is InChI=1S/C13H18N2O8S/c16-6-8-10(17)11(18)9(12(19)23-8)14-13(20)15-24(21,22)7-4-2-1-3-5-7/h1-5,8-12,16-19H,6H2,(H2,14,15,20)/t8?,9-,10+,11?,12+/m0/s1. The van der Waals surface area contributed by atoms with Crippen molar-refractivity contribution in [1.82, 2.24) is 10.0 Å². The molecular formula is C13H18N2O8S. The van der Waals surface area contributed by atoms with Gasteiger partial charge in [-0.2, -0.15) is 0 Å². The predicted octanol–water partition coefficient (Wildman–Crippen LogP) is -2.53. The van der Waals surface area contributed by atoms with Gasteiger partial charge in [0.2, 0.25) is 0 Å². The Morgan fingerprint density at radius 2 is 1.75 bits per heavy atom. The molecule has 1 aliphatic heterocycles. The van der Waals surface area contributed by atoms with Crippen LogP contribution in [0.5, 0.6) is 0 Å². The predicted molar refractivity (Wildman–Crippen MR) is 79.1 cm³/mol. The first-order valence-electron chi connectivity index (χ1n) is 6.95. The molecular weight excluding hydrogens is 344 g/mol. The van der Waals surface area contributed by atoms with E-state index in [1.165, 1.54) is 24.3 Å². The molecule has 10 nitrogen and oxygen atoms in total. The molecule has 1 fully saturated rings. The summed E-state index contributed by atoms with van der Waals surface area (Å²) in [5.74, 6) is 0. The van der Waals surface area contributed by atoms with Gasteiger partial charge < -0.3 is 30.5 Å². The first-order valence-corrected chi connectivity index (χ1v) is 8.43. The maximum Gasteiger partial charge on any atom is 0.329 e. The van der Waals surface area contributed by atoms with E-state index >= 15 is 0 Å². The summed E-state index contributed by atoms with van der Waals surface area (Å²) in [7, 11) is -4.14. The Hall–Kier alpha value is -1.76. The van der Waals surface area contributed by atoms with Crippen LogP contribution in [0, 0.1) is 0 Å². The fourth-order valence-electron chi connectivity index (χ4n) is 2.21. The third-order valence-corrected chi connectivity index (χ3v) is 4.83. The van der Waals surface area contributed by atoms with Crippen LogP contribution >= 0.6 is 0 Å². The van der Waals surface area contributed by atoms with E-state index in [2.05, 4.69) is 0 Å². The van der Waals surface area contributed by atoms with Crippen LogP contribution in [0.15, 0.2) is 35.2 Å². The molecule has 1 saturated heterocycles. The smallest absolute Gasteiger partial charge is 0.329 e. The summed E-state index contributed by atoms with van der Waals surface area (Å²) in [5.41, 5.74) is 0. The Bertz CT molecular complexity index is 668. The summed E-state index contributed by atoms with van der Waals surface area (Å²) in [6.07, 6.45) is -6.22. The van der Waals surface area contributed by atoms with Gasteiger partial charge >= 0.3 is 6.03 Å². The normalized spacial score (nSPS) is 30.6. The lowest BCUT2D eigenvalue weighted by Crippen LogP contribution is -2.65. The largest absolute Gasteiger partial charge is 0.394 e. The van der Waals surface area contributed by atoms with E-state index in [1.54, 1.807) is 10.8 Å². The Labute approximate surface area is 137 Å². The molecule has 1 aromatic carbocycles. The number of hydrogen-bond donors (Lipinski definition) is 6. The van der Waals surface area contributed by atoms with Crippen molar-refractivity contribution in [2.24, 2.45) is 0 Å². The minimum atomic E-state index is -4.14. The number of nitrogens with one attached hydrogen (secondary N) is 2. The minimum absolute atomic E-state index is 0.151. The summed E-state index contributed by atoms with van der Waals surface area (Å²) in [5, 5.41) is 40.3. The number of hydrogen-bond acceptors (Lipinski definition) is 8. The number of urea groups is 1. The topological polar surface area (TPSA) is 165 Å². The molecule has 134 valence electrons. The van der Waals surface area contributed by atoms with Crippen LogP contribution in [0.4, 0.5) is 4.79 Å². The molecule has 6 N–H and O–H groups in total. The second-order valence-corrected chi connectivity index (χ2v) is 6.83. The maximum absolute atomic E-state index is 12.0. The third-order valence-electron chi connectivity index (χ3n) is 3.48. The number of sulfonamides is 1. The summed E-state index contributed by atoms with van der Waals surface area (Å²) < 4.78 is 30.6. The number of carbonyl (C=O) groups excluding carboxylic acids is 1. The highest BCUT2D eigenvalue weighted by molar-refractivity contribution is 7.90. The first-order chi connectivity index (χ1) is 11.3. The number of rotatable bonds is 4. The van der Waals surface area contributed by atoms with Gasteiger partial charge in [0.1, 0.15) is 24.4 Å². The zero-order chi connectivity index (χ0) is 17.9. The van der Waals surface area contributed by atoms with Crippen LogP contribution in [0.3, 0.4) is 0 Å². The van der Waals surface area contributed by atoms with Crippen molar-refractivity contribution in [3.05, 3.63) is 30.3 Å². The van der Waals surface area contributed by atoms with Gasteiger partial charge in [0.05, 0.1) is 11.5 Å². The van der Waals surface area contributed by atoms with Crippen LogP contribution in [0.2, 0.25) is 0 Å². The summed E-state index contributed by atoms with van der Waals surface area (Å²) in [4.78, 5) is 11.7. The van der Waals surface area contributed by atoms with Gasteiger partial charge in [-0.05, 0) is 12.1 Å². The van der Waals surface area contributed by atoms with Crippen molar-refractivity contribution >= 4 is 16.1 Å². The lowest BCUT2D eigenvalue weighted by Gasteiger charge is -2.40. The molecule has 0 aromatic heterocycles. The van der Waals surface area contributed by atoms with Gasteiger partial charge in [-0.3, -0.25) is 0 Å². The Kier molecular flexibility index (Phi) is 5.74. The summed E-state index contributed by atoms with van der Waals surface area (Å²) >= 11 is 0. The second kappa shape index (κ2) is 7.42. The number of carbonyl (C=O) groups is 1. The van der Waals surface area contributed by atoms with E-state index in [0.717, 1.165) is 0 Å². The van der Waals surface area contributed by atoms with Gasteiger partial charge in [0, 0.05) is 0 Å². The first kappa shape index (κ1) is 18.6. The molecule has 0 aliphatic carbocycles. The lowest BCUT2D eigenvalue weighted by atomic mass is 9.97. The zero-order valence-electron chi connectivity index (χ0n) is 12.3. The van der Waals surface area contributed by atoms with Crippen molar-refractivity contribution in [3.63, 3.8) is 0 Å². The molecule has 1 aromatic rings. The van der Waals surface area contributed by atoms with Crippen LogP contribution in [0.25, 0.3) is 0 Å². The van der Waals surface area contributed by atoms with Gasteiger partial charge in [0.25, 0.3) is 10.0 Å². The molecule has 2 amide bonds. The van der Waals surface area contributed by atoms with Crippen molar-refractivity contribution in [2.75, 3.05) is 6.61 Å². The number of benzene rings is 1. The van der Waals surface area contributed by atoms with Crippen molar-refractivity contribution < 1.29 is 38.4 Å². The zero-order valence-corrected chi connectivity index (χ0v) is 13.1. The van der Waals surface area contributed by atoms with Crippen molar-refractivity contribution in [2.45, 2.75) is 35.5 Å². The molecule has 1 heterocycles. The number of amides is 2. The highest BCUT2D eigenvalue weighted by Gasteiger charge is 2.44. The SMILES string of the molecule is O=C(N[C@H]1C(O)[C@H](O)C(CO)O[C@H]1O)NS(=O)(=O)c1ccccc1. The van der Waals surface area contributed by atoms with Crippen molar-refractivity contribution in [3.8, 4) is 0 Å².